The largest absolute Gasteiger partial charge is 0.396 e. The summed E-state index contributed by atoms with van der Waals surface area (Å²) in [6.07, 6.45) is 1.44. The van der Waals surface area contributed by atoms with E-state index in [1.165, 1.54) is 0 Å². The molecule has 5 heteroatoms. The van der Waals surface area contributed by atoms with Crippen LogP contribution in [0.1, 0.15) is 23.2 Å². The van der Waals surface area contributed by atoms with E-state index in [0.29, 0.717) is 28.0 Å². The van der Waals surface area contributed by atoms with Gasteiger partial charge in [0.1, 0.15) is 0 Å². The standard InChI is InChI=1S/C11H13BrClNO2/c12-9-5-3-4-8(10(9)13)11(16)14-6-1-2-7-15/h3-5,15H,1-2,6-7H2,(H,14,16). The molecule has 0 spiro atoms. The van der Waals surface area contributed by atoms with Gasteiger partial charge < -0.3 is 10.4 Å². The van der Waals surface area contributed by atoms with Crippen molar-refractivity contribution in [1.82, 2.24) is 5.32 Å². The van der Waals surface area contributed by atoms with Crippen LogP contribution in [0.4, 0.5) is 0 Å². The van der Waals surface area contributed by atoms with Gasteiger partial charge in [0.25, 0.3) is 5.91 Å². The first-order valence-corrected chi connectivity index (χ1v) is 6.17. The molecule has 88 valence electrons. The molecule has 3 nitrogen and oxygen atoms in total. The van der Waals surface area contributed by atoms with Crippen molar-refractivity contribution in [2.45, 2.75) is 12.8 Å². The van der Waals surface area contributed by atoms with Crippen molar-refractivity contribution in [3.63, 3.8) is 0 Å². The van der Waals surface area contributed by atoms with Gasteiger partial charge >= 0.3 is 0 Å². The third-order valence-electron chi connectivity index (χ3n) is 2.07. The molecule has 16 heavy (non-hydrogen) atoms. The van der Waals surface area contributed by atoms with Crippen molar-refractivity contribution < 1.29 is 9.90 Å². The molecule has 0 heterocycles. The van der Waals surface area contributed by atoms with E-state index in [0.717, 1.165) is 6.42 Å². The molecule has 0 saturated carbocycles. The van der Waals surface area contributed by atoms with Gasteiger partial charge in [-0.1, -0.05) is 17.7 Å². The minimum absolute atomic E-state index is 0.146. The molecule has 0 aliphatic heterocycles. The van der Waals surface area contributed by atoms with E-state index in [2.05, 4.69) is 21.2 Å². The number of hydrogen-bond acceptors (Lipinski definition) is 2. The number of hydrogen-bond donors (Lipinski definition) is 2. The van der Waals surface area contributed by atoms with E-state index in [-0.39, 0.29) is 12.5 Å². The lowest BCUT2D eigenvalue weighted by molar-refractivity contribution is 0.0952. The van der Waals surface area contributed by atoms with Gasteiger partial charge in [0.2, 0.25) is 0 Å². The number of unbranched alkanes of at least 4 members (excludes halogenated alkanes) is 1. The summed E-state index contributed by atoms with van der Waals surface area (Å²) in [4.78, 5) is 11.7. The number of rotatable bonds is 5. The fourth-order valence-corrected chi connectivity index (χ4v) is 1.79. The summed E-state index contributed by atoms with van der Waals surface area (Å²) in [7, 11) is 0. The molecule has 1 aromatic rings. The molecule has 0 atom stereocenters. The Kier molecular flexibility index (Phi) is 5.80. The van der Waals surface area contributed by atoms with Crippen molar-refractivity contribution in [3.8, 4) is 0 Å². The Morgan fingerprint density at radius 1 is 1.44 bits per heavy atom. The van der Waals surface area contributed by atoms with Crippen molar-refractivity contribution in [2.75, 3.05) is 13.2 Å². The van der Waals surface area contributed by atoms with Crippen LogP contribution in [-0.4, -0.2) is 24.2 Å². The van der Waals surface area contributed by atoms with E-state index < -0.39 is 0 Å². The Morgan fingerprint density at radius 3 is 2.88 bits per heavy atom. The van der Waals surface area contributed by atoms with Crippen molar-refractivity contribution in [1.29, 1.82) is 0 Å². The maximum atomic E-state index is 11.7. The second kappa shape index (κ2) is 6.89. The monoisotopic (exact) mass is 305 g/mol. The van der Waals surface area contributed by atoms with E-state index in [9.17, 15) is 4.79 Å². The Bertz CT molecular complexity index is 371. The van der Waals surface area contributed by atoms with Crippen LogP contribution < -0.4 is 5.32 Å². The fourth-order valence-electron chi connectivity index (χ4n) is 1.21. The summed E-state index contributed by atoms with van der Waals surface area (Å²) in [5.74, 6) is -0.191. The summed E-state index contributed by atoms with van der Waals surface area (Å²) in [5.41, 5.74) is 0.458. The SMILES string of the molecule is O=C(NCCCCO)c1cccc(Br)c1Cl. The molecule has 0 fully saturated rings. The van der Waals surface area contributed by atoms with Crippen molar-refractivity contribution in [3.05, 3.63) is 33.3 Å². The first-order valence-electron chi connectivity index (χ1n) is 5.00. The number of aliphatic hydroxyl groups is 1. The van der Waals surface area contributed by atoms with Gasteiger partial charge in [-0.15, -0.1) is 0 Å². The predicted octanol–water partition coefficient (Wildman–Crippen LogP) is 2.60. The first-order chi connectivity index (χ1) is 7.66. The van der Waals surface area contributed by atoms with Crippen LogP contribution >= 0.6 is 27.5 Å². The molecule has 1 rings (SSSR count). The highest BCUT2D eigenvalue weighted by molar-refractivity contribution is 9.10. The average molecular weight is 307 g/mol. The molecule has 0 aliphatic rings. The number of nitrogens with one attached hydrogen (secondary N) is 1. The van der Waals surface area contributed by atoms with Gasteiger partial charge in [0.05, 0.1) is 10.6 Å². The maximum absolute atomic E-state index is 11.7. The van der Waals surface area contributed by atoms with Gasteiger partial charge in [0.15, 0.2) is 0 Å². The number of carbonyl (C=O) groups excluding carboxylic acids is 1. The maximum Gasteiger partial charge on any atom is 0.252 e. The average Bonchev–Trinajstić information content (AvgIpc) is 2.28. The number of halogens is 2. The number of carbonyl (C=O) groups is 1. The topological polar surface area (TPSA) is 49.3 Å². The predicted molar refractivity (Wildman–Crippen MR) is 67.8 cm³/mol. The number of aliphatic hydroxyl groups excluding tert-OH is 1. The zero-order valence-corrected chi connectivity index (χ0v) is 11.0. The molecule has 0 aliphatic carbocycles. The molecule has 0 unspecified atom stereocenters. The quantitative estimate of drug-likeness (QED) is 0.822. The number of benzene rings is 1. The third-order valence-corrected chi connectivity index (χ3v) is 3.36. The second-order valence-corrected chi connectivity index (χ2v) is 4.52. The molecule has 0 radical (unpaired) electrons. The lowest BCUT2D eigenvalue weighted by Gasteiger charge is -2.07. The summed E-state index contributed by atoms with van der Waals surface area (Å²) in [5, 5.41) is 11.8. The molecular formula is C11H13BrClNO2. The highest BCUT2D eigenvalue weighted by Crippen LogP contribution is 2.25. The van der Waals surface area contributed by atoms with Gasteiger partial charge in [-0.3, -0.25) is 4.79 Å². The van der Waals surface area contributed by atoms with Crippen LogP contribution in [0.5, 0.6) is 0 Å². The summed E-state index contributed by atoms with van der Waals surface area (Å²) >= 11 is 9.24. The molecule has 1 amide bonds. The van der Waals surface area contributed by atoms with Crippen LogP contribution in [0.15, 0.2) is 22.7 Å². The smallest absolute Gasteiger partial charge is 0.252 e. The molecular weight excluding hydrogens is 293 g/mol. The van der Waals surface area contributed by atoms with Crippen LogP contribution in [-0.2, 0) is 0 Å². The Hall–Kier alpha value is -0.580. The van der Waals surface area contributed by atoms with E-state index >= 15 is 0 Å². The van der Waals surface area contributed by atoms with Crippen molar-refractivity contribution in [2.24, 2.45) is 0 Å². The van der Waals surface area contributed by atoms with E-state index in [1.807, 2.05) is 0 Å². The van der Waals surface area contributed by atoms with Crippen LogP contribution in [0.3, 0.4) is 0 Å². The Balaban J connectivity index is 2.56. The second-order valence-electron chi connectivity index (χ2n) is 3.29. The molecule has 0 aromatic heterocycles. The molecule has 0 bridgehead atoms. The van der Waals surface area contributed by atoms with E-state index in [1.54, 1.807) is 18.2 Å². The third kappa shape index (κ3) is 3.77. The first kappa shape index (κ1) is 13.5. The van der Waals surface area contributed by atoms with Crippen LogP contribution in [0.2, 0.25) is 5.02 Å². The van der Waals surface area contributed by atoms with Crippen molar-refractivity contribution >= 4 is 33.4 Å². The van der Waals surface area contributed by atoms with Gasteiger partial charge in [-0.25, -0.2) is 0 Å². The zero-order chi connectivity index (χ0) is 12.0. The fraction of sp³-hybridized carbons (Fsp3) is 0.364. The highest BCUT2D eigenvalue weighted by atomic mass is 79.9. The zero-order valence-electron chi connectivity index (χ0n) is 8.67. The van der Waals surface area contributed by atoms with Crippen LogP contribution in [0, 0.1) is 0 Å². The van der Waals surface area contributed by atoms with Gasteiger partial charge in [-0.05, 0) is 40.9 Å². The molecule has 2 N–H and O–H groups in total. The normalized spacial score (nSPS) is 10.2. The molecule has 0 saturated heterocycles. The summed E-state index contributed by atoms with van der Waals surface area (Å²) < 4.78 is 0.706. The molecule has 1 aromatic carbocycles. The number of amides is 1. The lowest BCUT2D eigenvalue weighted by Crippen LogP contribution is -2.24. The lowest BCUT2D eigenvalue weighted by atomic mass is 10.2. The minimum Gasteiger partial charge on any atom is -0.396 e. The Labute approximate surface area is 108 Å². The van der Waals surface area contributed by atoms with Gasteiger partial charge in [-0.2, -0.15) is 0 Å². The minimum atomic E-state index is -0.191. The van der Waals surface area contributed by atoms with E-state index in [4.69, 9.17) is 16.7 Å². The van der Waals surface area contributed by atoms with Gasteiger partial charge in [0, 0.05) is 17.6 Å². The summed E-state index contributed by atoms with van der Waals surface area (Å²) in [6.45, 7) is 0.690. The van der Waals surface area contributed by atoms with Crippen LogP contribution in [0.25, 0.3) is 0 Å². The summed E-state index contributed by atoms with van der Waals surface area (Å²) in [6, 6.07) is 5.22. The highest BCUT2D eigenvalue weighted by Gasteiger charge is 2.11. The Morgan fingerprint density at radius 2 is 2.19 bits per heavy atom.